The fourth-order valence-electron chi connectivity index (χ4n) is 4.16. The van der Waals surface area contributed by atoms with Crippen LogP contribution in [0.5, 0.6) is 5.75 Å². The Morgan fingerprint density at radius 1 is 0.970 bits per heavy atom. The largest absolute Gasteiger partial charge is 0.508 e. The molecule has 3 aromatic carbocycles. The van der Waals surface area contributed by atoms with Gasteiger partial charge in [-0.3, -0.25) is 0 Å². The standard InChI is InChI=1S/C27H19Cl2NO3/c28-22-5-3-6-23(29)21(22)15-33-27(32)25-19-4-1-2-7-24(19)30-26-17(10-13-20(25)26)14-16-8-11-18(31)12-9-16/h1-9,11-12,14,31H,10,13,15H2. The lowest BCUT2D eigenvalue weighted by molar-refractivity contribution is 0.0474. The summed E-state index contributed by atoms with van der Waals surface area (Å²) < 4.78 is 5.69. The monoisotopic (exact) mass is 475 g/mol. The number of pyridine rings is 1. The van der Waals surface area contributed by atoms with Crippen molar-refractivity contribution >= 4 is 51.7 Å². The first-order valence-electron chi connectivity index (χ1n) is 10.5. The summed E-state index contributed by atoms with van der Waals surface area (Å²) in [7, 11) is 0. The number of allylic oxidation sites excluding steroid dienone is 1. The second kappa shape index (κ2) is 8.89. The van der Waals surface area contributed by atoms with Gasteiger partial charge >= 0.3 is 5.97 Å². The van der Waals surface area contributed by atoms with Crippen molar-refractivity contribution in [1.29, 1.82) is 0 Å². The highest BCUT2D eigenvalue weighted by Gasteiger charge is 2.27. The maximum absolute atomic E-state index is 13.3. The van der Waals surface area contributed by atoms with Crippen LogP contribution >= 0.6 is 23.2 Å². The zero-order chi connectivity index (χ0) is 22.9. The van der Waals surface area contributed by atoms with Crippen LogP contribution in [0.15, 0.2) is 66.7 Å². The Hall–Kier alpha value is -3.34. The molecule has 0 amide bonds. The smallest absolute Gasteiger partial charge is 0.339 e. The average Bonchev–Trinajstić information content (AvgIpc) is 3.20. The number of aromatic nitrogens is 1. The van der Waals surface area contributed by atoms with Crippen molar-refractivity contribution in [2.75, 3.05) is 0 Å². The molecule has 0 spiro atoms. The number of aromatic hydroxyl groups is 1. The molecule has 164 valence electrons. The summed E-state index contributed by atoms with van der Waals surface area (Å²) in [5.41, 5.74) is 5.55. The van der Waals surface area contributed by atoms with Crippen molar-refractivity contribution in [3.8, 4) is 5.75 Å². The van der Waals surface area contributed by atoms with Crippen LogP contribution in [0.25, 0.3) is 22.6 Å². The first-order chi connectivity index (χ1) is 16.0. The zero-order valence-electron chi connectivity index (χ0n) is 17.5. The summed E-state index contributed by atoms with van der Waals surface area (Å²) in [5, 5.41) is 11.2. The molecule has 0 aliphatic heterocycles. The van der Waals surface area contributed by atoms with Crippen LogP contribution in [-0.2, 0) is 17.8 Å². The summed E-state index contributed by atoms with van der Waals surface area (Å²) in [6.07, 6.45) is 3.50. The molecule has 33 heavy (non-hydrogen) atoms. The first-order valence-corrected chi connectivity index (χ1v) is 11.3. The lowest BCUT2D eigenvalue weighted by Gasteiger charge is -2.13. The molecule has 0 bridgehead atoms. The number of hydrogen-bond acceptors (Lipinski definition) is 4. The van der Waals surface area contributed by atoms with Gasteiger partial charge in [0.2, 0.25) is 0 Å². The van der Waals surface area contributed by atoms with Crippen molar-refractivity contribution < 1.29 is 14.6 Å². The molecule has 0 radical (unpaired) electrons. The van der Waals surface area contributed by atoms with Crippen LogP contribution in [0.4, 0.5) is 0 Å². The van der Waals surface area contributed by atoms with Crippen molar-refractivity contribution in [3.05, 3.63) is 105 Å². The Labute approximate surface area is 201 Å². The summed E-state index contributed by atoms with van der Waals surface area (Å²) in [5.74, 6) is -0.205. The van der Waals surface area contributed by atoms with Gasteiger partial charge in [-0.05, 0) is 65.9 Å². The van der Waals surface area contributed by atoms with Gasteiger partial charge in [-0.1, -0.05) is 59.6 Å². The van der Waals surface area contributed by atoms with Gasteiger partial charge in [0.1, 0.15) is 12.4 Å². The number of carbonyl (C=O) groups excluding carboxylic acids is 1. The van der Waals surface area contributed by atoms with E-state index >= 15 is 0 Å². The van der Waals surface area contributed by atoms with Gasteiger partial charge in [0.15, 0.2) is 0 Å². The van der Waals surface area contributed by atoms with E-state index in [1.54, 1.807) is 30.3 Å². The molecule has 1 heterocycles. The number of phenols is 1. The Balaban J connectivity index is 1.55. The Morgan fingerprint density at radius 3 is 2.45 bits per heavy atom. The number of ether oxygens (including phenoxy) is 1. The summed E-state index contributed by atoms with van der Waals surface area (Å²) in [4.78, 5) is 18.2. The summed E-state index contributed by atoms with van der Waals surface area (Å²) in [6.45, 7) is -0.0149. The second-order valence-electron chi connectivity index (χ2n) is 7.87. The molecular weight excluding hydrogens is 457 g/mol. The van der Waals surface area contributed by atoms with Crippen molar-refractivity contribution in [2.24, 2.45) is 0 Å². The van der Waals surface area contributed by atoms with Crippen LogP contribution in [0.3, 0.4) is 0 Å². The number of rotatable bonds is 4. The van der Waals surface area contributed by atoms with E-state index in [-0.39, 0.29) is 12.4 Å². The fraction of sp³-hybridized carbons (Fsp3) is 0.111. The van der Waals surface area contributed by atoms with Crippen LogP contribution in [0.2, 0.25) is 10.0 Å². The third-order valence-electron chi connectivity index (χ3n) is 5.79. The number of fused-ring (bicyclic) bond motifs is 2. The molecule has 1 aliphatic carbocycles. The molecule has 1 aromatic heterocycles. The number of carbonyl (C=O) groups is 1. The lowest BCUT2D eigenvalue weighted by Crippen LogP contribution is -2.11. The summed E-state index contributed by atoms with van der Waals surface area (Å²) >= 11 is 12.5. The molecule has 5 rings (SSSR count). The maximum Gasteiger partial charge on any atom is 0.339 e. The minimum Gasteiger partial charge on any atom is -0.508 e. The van der Waals surface area contributed by atoms with Crippen LogP contribution in [0, 0.1) is 0 Å². The maximum atomic E-state index is 13.3. The second-order valence-corrected chi connectivity index (χ2v) is 8.68. The molecule has 6 heteroatoms. The third kappa shape index (κ3) is 4.20. The van der Waals surface area contributed by atoms with Crippen LogP contribution in [-0.4, -0.2) is 16.1 Å². The number of halogens is 2. The van der Waals surface area contributed by atoms with E-state index in [0.717, 1.165) is 39.7 Å². The zero-order valence-corrected chi connectivity index (χ0v) is 19.0. The van der Waals surface area contributed by atoms with E-state index in [1.165, 1.54) is 0 Å². The van der Waals surface area contributed by atoms with Crippen LogP contribution in [0.1, 0.15) is 39.2 Å². The fourth-order valence-corrected chi connectivity index (χ4v) is 4.67. The van der Waals surface area contributed by atoms with Gasteiger partial charge in [0.25, 0.3) is 0 Å². The topological polar surface area (TPSA) is 59.4 Å². The molecule has 0 unspecified atom stereocenters. The number of para-hydroxylation sites is 1. The minimum absolute atomic E-state index is 0.0149. The molecular formula is C27H19Cl2NO3. The lowest BCUT2D eigenvalue weighted by atomic mass is 10.0. The van der Waals surface area contributed by atoms with Gasteiger partial charge in [-0.15, -0.1) is 0 Å². The molecule has 0 atom stereocenters. The van der Waals surface area contributed by atoms with E-state index < -0.39 is 5.97 Å². The van der Waals surface area contributed by atoms with E-state index in [1.807, 2.05) is 42.5 Å². The molecule has 1 N–H and O–H groups in total. The Bertz CT molecular complexity index is 1390. The summed E-state index contributed by atoms with van der Waals surface area (Å²) in [6, 6.07) is 19.8. The molecule has 4 aromatic rings. The highest BCUT2D eigenvalue weighted by atomic mass is 35.5. The average molecular weight is 476 g/mol. The van der Waals surface area contributed by atoms with Crippen molar-refractivity contribution in [2.45, 2.75) is 19.4 Å². The quantitative estimate of drug-likeness (QED) is 0.320. The molecule has 0 fully saturated rings. The Kier molecular flexibility index (Phi) is 5.79. The predicted octanol–water partition coefficient (Wildman–Crippen LogP) is 7.09. The third-order valence-corrected chi connectivity index (χ3v) is 6.50. The molecule has 0 saturated carbocycles. The first kappa shape index (κ1) is 21.5. The van der Waals surface area contributed by atoms with Crippen LogP contribution < -0.4 is 0 Å². The van der Waals surface area contributed by atoms with Gasteiger partial charge in [-0.25, -0.2) is 9.78 Å². The number of hydrogen-bond donors (Lipinski definition) is 1. The van der Waals surface area contributed by atoms with E-state index in [2.05, 4.69) is 0 Å². The highest BCUT2D eigenvalue weighted by Crippen LogP contribution is 2.38. The van der Waals surface area contributed by atoms with E-state index in [0.29, 0.717) is 27.6 Å². The van der Waals surface area contributed by atoms with Crippen molar-refractivity contribution in [1.82, 2.24) is 4.98 Å². The SMILES string of the molecule is O=C(OCc1c(Cl)cccc1Cl)c1c2c(nc3ccccc13)C(=Cc1ccc(O)cc1)CC2. The van der Waals surface area contributed by atoms with Crippen molar-refractivity contribution in [3.63, 3.8) is 0 Å². The van der Waals surface area contributed by atoms with Gasteiger partial charge < -0.3 is 9.84 Å². The number of phenolic OH excluding ortho intramolecular Hbond substituents is 1. The van der Waals surface area contributed by atoms with Gasteiger partial charge in [0, 0.05) is 21.0 Å². The van der Waals surface area contributed by atoms with Gasteiger partial charge in [-0.2, -0.15) is 0 Å². The number of nitrogens with zero attached hydrogens (tertiary/aromatic N) is 1. The Morgan fingerprint density at radius 2 is 1.70 bits per heavy atom. The van der Waals surface area contributed by atoms with E-state index in [9.17, 15) is 9.90 Å². The highest BCUT2D eigenvalue weighted by molar-refractivity contribution is 6.36. The van der Waals surface area contributed by atoms with E-state index in [4.69, 9.17) is 32.9 Å². The number of esters is 1. The minimum atomic E-state index is -0.424. The van der Waals surface area contributed by atoms with Gasteiger partial charge in [0.05, 0.1) is 16.8 Å². The molecule has 0 saturated heterocycles. The number of benzene rings is 3. The normalized spacial score (nSPS) is 13.9. The molecule has 1 aliphatic rings. The molecule has 4 nitrogen and oxygen atoms in total. The predicted molar refractivity (Wildman–Crippen MR) is 132 cm³/mol.